The van der Waals surface area contributed by atoms with Gasteiger partial charge in [0.2, 0.25) is 0 Å². The van der Waals surface area contributed by atoms with Crippen molar-refractivity contribution in [2.24, 2.45) is 5.73 Å². The zero-order valence-electron chi connectivity index (χ0n) is 10.5. The van der Waals surface area contributed by atoms with Crippen molar-refractivity contribution in [2.75, 3.05) is 6.61 Å². The highest BCUT2D eigenvalue weighted by atomic mass is 19.4. The fourth-order valence-electron chi connectivity index (χ4n) is 1.00. The Morgan fingerprint density at radius 1 is 1.50 bits per heavy atom. The third kappa shape index (κ3) is 7.41. The summed E-state index contributed by atoms with van der Waals surface area (Å²) in [6.07, 6.45) is -1.84. The van der Waals surface area contributed by atoms with E-state index in [1.807, 2.05) is 0 Å². The van der Waals surface area contributed by atoms with Gasteiger partial charge in [0.1, 0.15) is 0 Å². The summed E-state index contributed by atoms with van der Waals surface area (Å²) in [7, 11) is 0. The van der Waals surface area contributed by atoms with E-state index in [9.17, 15) is 18.0 Å². The number of hydrogen-bond acceptors (Lipinski definition) is 5. The van der Waals surface area contributed by atoms with Crippen molar-refractivity contribution >= 4 is 11.9 Å². The maximum atomic E-state index is 11.0. The van der Waals surface area contributed by atoms with Crippen LogP contribution in [0.3, 0.4) is 0 Å². The van der Waals surface area contributed by atoms with Gasteiger partial charge in [0, 0.05) is 11.6 Å². The van der Waals surface area contributed by atoms with E-state index in [1.165, 1.54) is 12.5 Å². The average molecular weight is 297 g/mol. The molecule has 0 bridgehead atoms. The Bertz CT molecular complexity index is 416. The molecule has 6 nitrogen and oxygen atoms in total. The molecule has 0 aromatic carbocycles. The van der Waals surface area contributed by atoms with Crippen LogP contribution in [0.5, 0.6) is 0 Å². The number of esters is 1. The van der Waals surface area contributed by atoms with Gasteiger partial charge in [0.15, 0.2) is 0 Å². The van der Waals surface area contributed by atoms with E-state index in [0.29, 0.717) is 6.61 Å². The molecule has 1 atom stereocenters. The average Bonchev–Trinajstić information content (AvgIpc) is 2.81. The topological polar surface area (TPSA) is 103 Å². The molecule has 0 unspecified atom stereocenters. The molecule has 0 saturated heterocycles. The molecule has 0 aliphatic rings. The summed E-state index contributed by atoms with van der Waals surface area (Å²) in [4.78, 5) is 19.9. The maximum Gasteiger partial charge on any atom is 0.490 e. The molecule has 0 spiro atoms. The van der Waals surface area contributed by atoms with Gasteiger partial charge in [-0.05, 0) is 13.0 Å². The molecule has 0 amide bonds. The van der Waals surface area contributed by atoms with Crippen molar-refractivity contribution in [3.8, 4) is 0 Å². The van der Waals surface area contributed by atoms with Crippen LogP contribution < -0.4 is 5.73 Å². The number of carboxylic acids is 1. The van der Waals surface area contributed by atoms with Gasteiger partial charge in [-0.2, -0.15) is 13.2 Å². The normalized spacial score (nSPS) is 12.1. The number of furan rings is 1. The van der Waals surface area contributed by atoms with Gasteiger partial charge in [-0.3, -0.25) is 4.79 Å². The summed E-state index contributed by atoms with van der Waals surface area (Å²) < 4.78 is 41.3. The van der Waals surface area contributed by atoms with Crippen LogP contribution in [0.25, 0.3) is 0 Å². The lowest BCUT2D eigenvalue weighted by Gasteiger charge is -2.07. The number of carbonyl (C=O) groups is 2. The monoisotopic (exact) mass is 297 g/mol. The Hall–Kier alpha value is -2.03. The van der Waals surface area contributed by atoms with E-state index in [4.69, 9.17) is 24.8 Å². The highest BCUT2D eigenvalue weighted by molar-refractivity contribution is 5.73. The predicted molar refractivity (Wildman–Crippen MR) is 60.6 cm³/mol. The Labute approximate surface area is 112 Å². The molecule has 0 aliphatic carbocycles. The van der Waals surface area contributed by atoms with Gasteiger partial charge in [-0.1, -0.05) is 0 Å². The molecule has 1 heterocycles. The van der Waals surface area contributed by atoms with Crippen LogP contribution in [0.1, 0.15) is 24.9 Å². The first kappa shape index (κ1) is 18.0. The quantitative estimate of drug-likeness (QED) is 0.822. The fraction of sp³-hybridized carbons (Fsp3) is 0.455. The zero-order chi connectivity index (χ0) is 15.8. The minimum atomic E-state index is -5.08. The minimum Gasteiger partial charge on any atom is -0.475 e. The molecule has 3 N–H and O–H groups in total. The summed E-state index contributed by atoms with van der Waals surface area (Å²) >= 11 is 0. The molecule has 114 valence electrons. The number of nitrogens with two attached hydrogens (primary N) is 1. The number of hydrogen-bond donors (Lipinski definition) is 2. The number of carbonyl (C=O) groups excluding carboxylic acids is 1. The molecule has 1 aromatic heterocycles. The van der Waals surface area contributed by atoms with Crippen LogP contribution in [0.4, 0.5) is 13.2 Å². The van der Waals surface area contributed by atoms with Crippen LogP contribution in [0.15, 0.2) is 23.0 Å². The molecular formula is C11H14F3NO5. The number of ether oxygens (including phenoxy) is 1. The number of aliphatic carboxylic acids is 1. The summed E-state index contributed by atoms with van der Waals surface area (Å²) in [6.45, 7) is 2.15. The molecule has 9 heteroatoms. The molecular weight excluding hydrogens is 283 g/mol. The smallest absolute Gasteiger partial charge is 0.475 e. The van der Waals surface area contributed by atoms with Crippen molar-refractivity contribution in [3.63, 3.8) is 0 Å². The zero-order valence-corrected chi connectivity index (χ0v) is 10.5. The molecule has 0 aliphatic heterocycles. The molecule has 0 fully saturated rings. The Balaban J connectivity index is 0.000000441. The van der Waals surface area contributed by atoms with Gasteiger partial charge < -0.3 is 20.0 Å². The summed E-state index contributed by atoms with van der Waals surface area (Å²) in [5, 5.41) is 7.12. The second kappa shape index (κ2) is 8.20. The number of alkyl halides is 3. The second-order valence-electron chi connectivity index (χ2n) is 3.48. The number of halogens is 3. The van der Waals surface area contributed by atoms with E-state index in [2.05, 4.69) is 0 Å². The molecule has 0 radical (unpaired) electrons. The number of rotatable bonds is 4. The first-order chi connectivity index (χ1) is 9.18. The second-order valence-corrected chi connectivity index (χ2v) is 3.48. The molecule has 1 aromatic rings. The molecule has 0 saturated carbocycles. The SMILES string of the molecule is CCOC(=O)C[C@H](N)c1ccoc1.O=C(O)C(F)(F)F. The van der Waals surface area contributed by atoms with E-state index >= 15 is 0 Å². The van der Waals surface area contributed by atoms with Crippen molar-refractivity contribution in [1.82, 2.24) is 0 Å². The first-order valence-corrected chi connectivity index (χ1v) is 5.41. The lowest BCUT2D eigenvalue weighted by atomic mass is 10.1. The van der Waals surface area contributed by atoms with Gasteiger partial charge in [0.25, 0.3) is 0 Å². The van der Waals surface area contributed by atoms with Crippen molar-refractivity contribution < 1.29 is 37.0 Å². The Kier molecular flexibility index (Phi) is 7.37. The van der Waals surface area contributed by atoms with E-state index in [1.54, 1.807) is 13.0 Å². The van der Waals surface area contributed by atoms with Crippen molar-refractivity contribution in [3.05, 3.63) is 24.2 Å². The largest absolute Gasteiger partial charge is 0.490 e. The van der Waals surface area contributed by atoms with Crippen LogP contribution >= 0.6 is 0 Å². The highest BCUT2D eigenvalue weighted by Crippen LogP contribution is 2.14. The lowest BCUT2D eigenvalue weighted by molar-refractivity contribution is -0.192. The minimum absolute atomic E-state index is 0.188. The maximum absolute atomic E-state index is 11.0. The fourth-order valence-corrected chi connectivity index (χ4v) is 1.00. The van der Waals surface area contributed by atoms with Crippen LogP contribution in [-0.4, -0.2) is 29.8 Å². The van der Waals surface area contributed by atoms with Gasteiger partial charge in [-0.15, -0.1) is 0 Å². The van der Waals surface area contributed by atoms with Crippen molar-refractivity contribution in [2.45, 2.75) is 25.6 Å². The molecule has 20 heavy (non-hydrogen) atoms. The van der Waals surface area contributed by atoms with E-state index in [-0.39, 0.29) is 18.4 Å². The van der Waals surface area contributed by atoms with Crippen molar-refractivity contribution in [1.29, 1.82) is 0 Å². The summed E-state index contributed by atoms with van der Waals surface area (Å²) in [5.41, 5.74) is 6.52. The lowest BCUT2D eigenvalue weighted by Crippen LogP contribution is -2.21. The summed E-state index contributed by atoms with van der Waals surface area (Å²) in [6, 6.07) is 1.40. The highest BCUT2D eigenvalue weighted by Gasteiger charge is 2.38. The molecule has 1 rings (SSSR count). The predicted octanol–water partition coefficient (Wildman–Crippen LogP) is 1.87. The third-order valence-corrected chi connectivity index (χ3v) is 1.91. The van der Waals surface area contributed by atoms with Gasteiger partial charge in [-0.25, -0.2) is 4.79 Å². The summed E-state index contributed by atoms with van der Waals surface area (Å²) in [5.74, 6) is -3.04. The Morgan fingerprint density at radius 3 is 2.40 bits per heavy atom. The van der Waals surface area contributed by atoms with Crippen LogP contribution in [0, 0.1) is 0 Å². The van der Waals surface area contributed by atoms with E-state index < -0.39 is 12.1 Å². The van der Waals surface area contributed by atoms with Gasteiger partial charge >= 0.3 is 18.1 Å². The van der Waals surface area contributed by atoms with Crippen LogP contribution in [-0.2, 0) is 14.3 Å². The van der Waals surface area contributed by atoms with Crippen LogP contribution in [0.2, 0.25) is 0 Å². The van der Waals surface area contributed by atoms with Gasteiger partial charge in [0.05, 0.1) is 25.6 Å². The number of carboxylic acid groups (broad SMARTS) is 1. The van der Waals surface area contributed by atoms with E-state index in [0.717, 1.165) is 5.56 Å². The Morgan fingerprint density at radius 2 is 2.05 bits per heavy atom. The standard InChI is InChI=1S/C9H13NO3.C2HF3O2/c1-2-13-9(11)5-8(10)7-3-4-12-6-7;3-2(4,5)1(6)7/h3-4,6,8H,2,5,10H2,1H3;(H,6,7)/t8-;/m0./s1. The first-order valence-electron chi connectivity index (χ1n) is 5.41. The third-order valence-electron chi connectivity index (χ3n) is 1.91.